The molecule has 0 aliphatic heterocycles. The molecule has 7 unspecified atom stereocenters. The van der Waals surface area contributed by atoms with E-state index < -0.39 is 0 Å². The van der Waals surface area contributed by atoms with E-state index in [0.717, 1.165) is 54.3 Å². The van der Waals surface area contributed by atoms with Crippen LogP contribution in [-0.2, 0) is 0 Å². The lowest BCUT2D eigenvalue weighted by atomic mass is 9.48. The number of hydrogen-bond acceptors (Lipinski definition) is 1. The molecule has 0 aromatic heterocycles. The molecule has 9 atom stereocenters. The van der Waals surface area contributed by atoms with Crippen molar-refractivity contribution in [2.75, 3.05) is 0 Å². The first-order valence-corrected chi connectivity index (χ1v) is 13.1. The average Bonchev–Trinajstić information content (AvgIpc) is 3.06. The fourth-order valence-electron chi connectivity index (χ4n) is 8.34. The highest BCUT2D eigenvalue weighted by molar-refractivity contribution is 5.07. The van der Waals surface area contributed by atoms with Crippen molar-refractivity contribution < 1.29 is 5.11 Å². The predicted octanol–water partition coefficient (Wildman–Crippen LogP) is 8.10. The zero-order chi connectivity index (χ0) is 21.1. The van der Waals surface area contributed by atoms with E-state index in [9.17, 15) is 5.11 Å². The normalized spacial score (nSPS) is 47.9. The molecule has 4 saturated carbocycles. The van der Waals surface area contributed by atoms with E-state index in [2.05, 4.69) is 27.7 Å². The maximum atomic E-state index is 10.5. The quantitative estimate of drug-likeness (QED) is 0.503. The lowest BCUT2D eigenvalue weighted by Gasteiger charge is -2.57. The van der Waals surface area contributed by atoms with Gasteiger partial charge in [0.1, 0.15) is 0 Å². The van der Waals surface area contributed by atoms with E-state index in [-0.39, 0.29) is 5.60 Å². The van der Waals surface area contributed by atoms with Crippen molar-refractivity contribution in [3.05, 3.63) is 0 Å². The average molecular weight is 393 g/mol. The summed E-state index contributed by atoms with van der Waals surface area (Å²) in [5.41, 5.74) is 0.274. The van der Waals surface area contributed by atoms with Gasteiger partial charge in [-0.3, -0.25) is 0 Å². The Bertz CT molecular complexity index is 469. The van der Waals surface area contributed by atoms with Gasteiger partial charge in [0.25, 0.3) is 0 Å². The molecule has 4 rings (SSSR count). The highest BCUT2D eigenvalue weighted by Crippen LogP contribution is 2.65. The van der Waals surface area contributed by atoms with Gasteiger partial charge in [0.05, 0.1) is 5.60 Å². The van der Waals surface area contributed by atoms with Crippen LogP contribution in [-0.4, -0.2) is 10.7 Å². The monoisotopic (exact) mass is 392 g/mol. The lowest BCUT2D eigenvalue weighted by molar-refractivity contribution is -0.102. The number of hydrogen-bond donors (Lipinski definition) is 1. The fraction of sp³-hybridized carbons (Fsp3) is 1.00. The molecule has 0 radical (unpaired) electrons. The summed E-state index contributed by atoms with van der Waals surface area (Å²) in [6.45, 7) is 17.7. The van der Waals surface area contributed by atoms with Crippen LogP contribution >= 0.6 is 0 Å². The minimum absolute atomic E-state index is 0.369. The Morgan fingerprint density at radius 2 is 1.46 bits per heavy atom. The van der Waals surface area contributed by atoms with Gasteiger partial charge in [0.2, 0.25) is 0 Å². The molecule has 0 saturated heterocycles. The van der Waals surface area contributed by atoms with Crippen LogP contribution in [0.2, 0.25) is 0 Å². The van der Waals surface area contributed by atoms with Crippen LogP contribution in [0.3, 0.4) is 0 Å². The van der Waals surface area contributed by atoms with Crippen molar-refractivity contribution in [3.63, 3.8) is 0 Å². The van der Waals surface area contributed by atoms with Gasteiger partial charge in [-0.15, -0.1) is 0 Å². The minimum atomic E-state index is -0.369. The topological polar surface area (TPSA) is 20.2 Å². The van der Waals surface area contributed by atoms with E-state index in [1.807, 2.05) is 27.7 Å². The molecular weight excluding hydrogens is 340 g/mol. The van der Waals surface area contributed by atoms with Crippen LogP contribution in [0.5, 0.6) is 0 Å². The molecule has 4 aliphatic rings. The highest BCUT2D eigenvalue weighted by atomic mass is 16.3. The molecule has 0 aromatic rings. The third-order valence-electron chi connectivity index (χ3n) is 9.64. The van der Waals surface area contributed by atoms with Crippen LogP contribution in [0, 0.1) is 46.8 Å². The van der Waals surface area contributed by atoms with E-state index in [1.165, 1.54) is 51.4 Å². The van der Waals surface area contributed by atoms with Gasteiger partial charge in [-0.25, -0.2) is 0 Å². The first kappa shape index (κ1) is 24.2. The van der Waals surface area contributed by atoms with E-state index in [1.54, 1.807) is 0 Å². The van der Waals surface area contributed by atoms with Crippen LogP contribution in [0.4, 0.5) is 0 Å². The highest BCUT2D eigenvalue weighted by Gasteiger charge is 2.57. The molecule has 166 valence electrons. The van der Waals surface area contributed by atoms with Gasteiger partial charge in [-0.2, -0.15) is 0 Å². The van der Waals surface area contributed by atoms with Gasteiger partial charge < -0.3 is 5.11 Å². The summed E-state index contributed by atoms with van der Waals surface area (Å²) in [4.78, 5) is 0. The first-order chi connectivity index (χ1) is 13.4. The van der Waals surface area contributed by atoms with Crippen LogP contribution in [0.1, 0.15) is 120 Å². The van der Waals surface area contributed by atoms with Gasteiger partial charge in [-0.1, -0.05) is 54.9 Å². The molecule has 1 heteroatoms. The number of rotatable bonds is 2. The Balaban J connectivity index is 0.000000660. The van der Waals surface area contributed by atoms with Crippen molar-refractivity contribution in [2.45, 2.75) is 125 Å². The summed E-state index contributed by atoms with van der Waals surface area (Å²) >= 11 is 0. The minimum Gasteiger partial charge on any atom is -0.390 e. The summed E-state index contributed by atoms with van der Waals surface area (Å²) in [6.07, 6.45) is 13.7. The Morgan fingerprint density at radius 1 is 0.821 bits per heavy atom. The van der Waals surface area contributed by atoms with Gasteiger partial charge in [0, 0.05) is 0 Å². The van der Waals surface area contributed by atoms with Gasteiger partial charge in [0.15, 0.2) is 0 Å². The second-order valence-electron chi connectivity index (χ2n) is 10.8. The van der Waals surface area contributed by atoms with Crippen LogP contribution < -0.4 is 0 Å². The molecule has 1 nitrogen and oxygen atoms in total. The molecule has 0 amide bonds. The molecule has 28 heavy (non-hydrogen) atoms. The second-order valence-corrected chi connectivity index (χ2v) is 10.8. The Kier molecular flexibility index (Phi) is 8.52. The van der Waals surface area contributed by atoms with E-state index in [0.29, 0.717) is 5.41 Å². The van der Waals surface area contributed by atoms with Crippen molar-refractivity contribution in [1.82, 2.24) is 0 Å². The van der Waals surface area contributed by atoms with Crippen molar-refractivity contribution >= 4 is 0 Å². The summed E-state index contributed by atoms with van der Waals surface area (Å²) in [5.74, 6) is 6.69. The van der Waals surface area contributed by atoms with Gasteiger partial charge in [-0.05, 0) is 112 Å². The summed E-state index contributed by atoms with van der Waals surface area (Å²) in [6, 6.07) is 0. The van der Waals surface area contributed by atoms with Crippen LogP contribution in [0.15, 0.2) is 0 Å². The SMILES string of the molecule is CC.CC.CC[C@@H](C)C1CCC2C3CCC4C[C@](C)(O)CCC4C3CCC21C. The summed E-state index contributed by atoms with van der Waals surface area (Å²) in [5, 5.41) is 10.5. The number of fused-ring (bicyclic) bond motifs is 5. The fourth-order valence-corrected chi connectivity index (χ4v) is 8.34. The lowest BCUT2D eigenvalue weighted by Crippen LogP contribution is -2.50. The molecule has 4 fully saturated rings. The van der Waals surface area contributed by atoms with E-state index >= 15 is 0 Å². The molecule has 1 N–H and O–H groups in total. The van der Waals surface area contributed by atoms with Crippen molar-refractivity contribution in [2.24, 2.45) is 46.8 Å². The molecule has 0 bridgehead atoms. The Labute approximate surface area is 177 Å². The maximum Gasteiger partial charge on any atom is 0.0622 e. The molecule has 0 aromatic carbocycles. The third-order valence-corrected chi connectivity index (χ3v) is 9.64. The molecule has 0 heterocycles. The molecule has 0 spiro atoms. The maximum absolute atomic E-state index is 10.5. The molecular formula is C27H52O. The first-order valence-electron chi connectivity index (χ1n) is 13.1. The standard InChI is InChI=1S/C23H40O.2C2H6/c1-5-15(2)20-8-9-21-19-7-6-16-14-22(3,24)12-10-17(16)18(19)11-13-23(20,21)4;2*1-2/h15-21,24H,5-14H2,1-4H3;2*1-2H3/t15-,16?,17?,18?,19?,20?,21?,22-,23?;;/m1../s1. The van der Waals surface area contributed by atoms with Gasteiger partial charge >= 0.3 is 0 Å². The zero-order valence-electron chi connectivity index (χ0n) is 20.6. The summed E-state index contributed by atoms with van der Waals surface area (Å²) < 4.78 is 0. The largest absolute Gasteiger partial charge is 0.390 e. The second kappa shape index (κ2) is 9.84. The number of aliphatic hydroxyl groups is 1. The van der Waals surface area contributed by atoms with Crippen molar-refractivity contribution in [1.29, 1.82) is 0 Å². The smallest absolute Gasteiger partial charge is 0.0622 e. The third kappa shape index (κ3) is 4.35. The summed E-state index contributed by atoms with van der Waals surface area (Å²) in [7, 11) is 0. The van der Waals surface area contributed by atoms with Crippen molar-refractivity contribution in [3.8, 4) is 0 Å². The zero-order valence-corrected chi connectivity index (χ0v) is 20.6. The molecule has 4 aliphatic carbocycles. The van der Waals surface area contributed by atoms with E-state index in [4.69, 9.17) is 0 Å². The van der Waals surface area contributed by atoms with Crippen LogP contribution in [0.25, 0.3) is 0 Å². The Morgan fingerprint density at radius 3 is 2.11 bits per heavy atom. The predicted molar refractivity (Wildman–Crippen MR) is 123 cm³/mol. The Hall–Kier alpha value is -0.0400.